The first-order valence-electron chi connectivity index (χ1n) is 6.19. The van der Waals surface area contributed by atoms with Crippen LogP contribution < -0.4 is 5.32 Å². The lowest BCUT2D eigenvalue weighted by molar-refractivity contribution is -0.128. The van der Waals surface area contributed by atoms with Crippen molar-refractivity contribution in [2.75, 3.05) is 20.6 Å². The molecule has 0 heterocycles. The molecule has 2 amide bonds. The van der Waals surface area contributed by atoms with E-state index in [1.165, 1.54) is 17.0 Å². The second-order valence-electron chi connectivity index (χ2n) is 4.57. The Kier molecular flexibility index (Phi) is 5.71. The predicted molar refractivity (Wildman–Crippen MR) is 73.4 cm³/mol. The van der Waals surface area contributed by atoms with Gasteiger partial charge in [0.15, 0.2) is 0 Å². The molecule has 0 atom stereocenters. The van der Waals surface area contributed by atoms with Gasteiger partial charge in [0.25, 0.3) is 0 Å². The summed E-state index contributed by atoms with van der Waals surface area (Å²) in [5.41, 5.74) is 0.777. The molecule has 0 saturated carbocycles. The first-order valence-corrected chi connectivity index (χ1v) is 6.19. The van der Waals surface area contributed by atoms with Crippen molar-refractivity contribution in [3.63, 3.8) is 0 Å². The highest BCUT2D eigenvalue weighted by Gasteiger charge is 2.08. The van der Waals surface area contributed by atoms with Crippen LogP contribution in [0.2, 0.25) is 0 Å². The normalized spacial score (nSPS) is 9.90. The molecular weight excluding hydrogens is 260 g/mol. The molecule has 0 radical (unpaired) electrons. The third-order valence-electron chi connectivity index (χ3n) is 2.70. The van der Waals surface area contributed by atoms with Crippen molar-refractivity contribution in [3.05, 3.63) is 35.4 Å². The summed E-state index contributed by atoms with van der Waals surface area (Å²) in [6.07, 6.45) is 0.338. The van der Waals surface area contributed by atoms with Crippen LogP contribution >= 0.6 is 0 Å². The predicted octanol–water partition coefficient (Wildman–Crippen LogP) is 0.522. The number of hydrogen-bond donors (Lipinski definition) is 2. The fourth-order valence-electron chi connectivity index (χ4n) is 1.59. The molecule has 0 aliphatic rings. The third kappa shape index (κ3) is 5.09. The number of nitrogens with one attached hydrogen (secondary N) is 1. The van der Waals surface area contributed by atoms with Gasteiger partial charge in [-0.2, -0.15) is 0 Å². The minimum Gasteiger partial charge on any atom is -0.478 e. The van der Waals surface area contributed by atoms with Crippen LogP contribution in [0.4, 0.5) is 0 Å². The smallest absolute Gasteiger partial charge is 0.335 e. The van der Waals surface area contributed by atoms with E-state index >= 15 is 0 Å². The van der Waals surface area contributed by atoms with E-state index in [1.807, 2.05) is 0 Å². The number of amides is 2. The van der Waals surface area contributed by atoms with Crippen LogP contribution in [0.25, 0.3) is 0 Å². The molecule has 6 heteroatoms. The van der Waals surface area contributed by atoms with Crippen molar-refractivity contribution >= 4 is 17.8 Å². The number of carboxylic acids is 1. The van der Waals surface area contributed by atoms with Gasteiger partial charge < -0.3 is 15.3 Å². The topological polar surface area (TPSA) is 86.7 Å². The van der Waals surface area contributed by atoms with Crippen molar-refractivity contribution in [3.8, 4) is 0 Å². The Morgan fingerprint density at radius 2 is 1.95 bits per heavy atom. The van der Waals surface area contributed by atoms with Crippen molar-refractivity contribution in [2.45, 2.75) is 12.8 Å². The number of carbonyl (C=O) groups is 3. The van der Waals surface area contributed by atoms with Gasteiger partial charge in [0, 0.05) is 27.1 Å². The molecular formula is C14H18N2O4. The molecule has 1 aromatic carbocycles. The zero-order chi connectivity index (χ0) is 15.1. The monoisotopic (exact) mass is 278 g/mol. The molecule has 0 unspecified atom stereocenters. The lowest BCUT2D eigenvalue weighted by Gasteiger charge is -2.10. The minimum absolute atomic E-state index is 0.0572. The van der Waals surface area contributed by atoms with Crippen LogP contribution in [0.15, 0.2) is 24.3 Å². The van der Waals surface area contributed by atoms with Crippen molar-refractivity contribution in [1.29, 1.82) is 0 Å². The Labute approximate surface area is 117 Å². The molecule has 0 fully saturated rings. The molecule has 0 bridgehead atoms. The summed E-state index contributed by atoms with van der Waals surface area (Å²) in [6, 6.07) is 6.23. The van der Waals surface area contributed by atoms with Crippen molar-refractivity contribution in [1.82, 2.24) is 10.2 Å². The SMILES string of the molecule is CN(C)C(=O)CCNC(=O)Cc1cccc(C(=O)O)c1. The van der Waals surface area contributed by atoms with Gasteiger partial charge in [-0.05, 0) is 17.7 Å². The maximum absolute atomic E-state index is 11.7. The van der Waals surface area contributed by atoms with Crippen LogP contribution in [0.1, 0.15) is 22.3 Å². The summed E-state index contributed by atoms with van der Waals surface area (Å²) in [4.78, 5) is 35.2. The molecule has 0 aromatic heterocycles. The van der Waals surface area contributed by atoms with E-state index in [0.29, 0.717) is 5.56 Å². The first kappa shape index (κ1) is 15.7. The lowest BCUT2D eigenvalue weighted by atomic mass is 10.1. The van der Waals surface area contributed by atoms with E-state index in [1.54, 1.807) is 26.2 Å². The Bertz CT molecular complexity index is 512. The molecule has 1 rings (SSSR count). The number of benzene rings is 1. The fourth-order valence-corrected chi connectivity index (χ4v) is 1.59. The van der Waals surface area contributed by atoms with Crippen LogP contribution in [0.3, 0.4) is 0 Å². The summed E-state index contributed by atoms with van der Waals surface area (Å²) >= 11 is 0. The quantitative estimate of drug-likeness (QED) is 0.794. The Hall–Kier alpha value is -2.37. The highest BCUT2D eigenvalue weighted by atomic mass is 16.4. The first-order chi connectivity index (χ1) is 9.40. The van der Waals surface area contributed by atoms with Gasteiger partial charge in [-0.15, -0.1) is 0 Å². The maximum atomic E-state index is 11.7. The van der Waals surface area contributed by atoms with Gasteiger partial charge in [-0.1, -0.05) is 12.1 Å². The van der Waals surface area contributed by atoms with Crippen LogP contribution in [-0.2, 0) is 16.0 Å². The third-order valence-corrected chi connectivity index (χ3v) is 2.70. The molecule has 2 N–H and O–H groups in total. The van der Waals surface area contributed by atoms with E-state index < -0.39 is 5.97 Å². The summed E-state index contributed by atoms with van der Waals surface area (Å²) in [5, 5.41) is 11.5. The lowest BCUT2D eigenvalue weighted by Crippen LogP contribution is -2.31. The second kappa shape index (κ2) is 7.28. The molecule has 0 aliphatic heterocycles. The van der Waals surface area contributed by atoms with Gasteiger partial charge in [0.2, 0.25) is 11.8 Å². The average molecular weight is 278 g/mol. The van der Waals surface area contributed by atoms with E-state index in [4.69, 9.17) is 5.11 Å². The summed E-state index contributed by atoms with van der Waals surface area (Å²) in [5.74, 6) is -1.32. The van der Waals surface area contributed by atoms with Crippen molar-refractivity contribution < 1.29 is 19.5 Å². The fraction of sp³-hybridized carbons (Fsp3) is 0.357. The second-order valence-corrected chi connectivity index (χ2v) is 4.57. The number of carboxylic acid groups (broad SMARTS) is 1. The van der Waals surface area contributed by atoms with Gasteiger partial charge >= 0.3 is 5.97 Å². The van der Waals surface area contributed by atoms with E-state index in [-0.39, 0.29) is 36.8 Å². The van der Waals surface area contributed by atoms with E-state index in [0.717, 1.165) is 0 Å². The Balaban J connectivity index is 2.45. The molecule has 6 nitrogen and oxygen atoms in total. The highest BCUT2D eigenvalue weighted by Crippen LogP contribution is 2.06. The van der Waals surface area contributed by atoms with E-state index in [9.17, 15) is 14.4 Å². The van der Waals surface area contributed by atoms with Crippen LogP contribution in [-0.4, -0.2) is 48.4 Å². The highest BCUT2D eigenvalue weighted by molar-refractivity contribution is 5.88. The van der Waals surface area contributed by atoms with E-state index in [2.05, 4.69) is 5.32 Å². The van der Waals surface area contributed by atoms with Crippen LogP contribution in [0, 0.1) is 0 Å². The molecule has 108 valence electrons. The summed E-state index contributed by atoms with van der Waals surface area (Å²) in [6.45, 7) is 0.272. The summed E-state index contributed by atoms with van der Waals surface area (Å²) in [7, 11) is 3.31. The molecule has 0 aliphatic carbocycles. The number of aromatic carboxylic acids is 1. The van der Waals surface area contributed by atoms with Gasteiger partial charge in [0.05, 0.1) is 12.0 Å². The minimum atomic E-state index is -1.02. The largest absolute Gasteiger partial charge is 0.478 e. The Morgan fingerprint density at radius 3 is 2.55 bits per heavy atom. The number of nitrogens with zero attached hydrogens (tertiary/aromatic N) is 1. The van der Waals surface area contributed by atoms with Gasteiger partial charge in [0.1, 0.15) is 0 Å². The molecule has 0 saturated heterocycles. The number of carbonyl (C=O) groups excluding carboxylic acids is 2. The maximum Gasteiger partial charge on any atom is 0.335 e. The van der Waals surface area contributed by atoms with Gasteiger partial charge in [-0.3, -0.25) is 9.59 Å². The number of rotatable bonds is 6. The van der Waals surface area contributed by atoms with Crippen LogP contribution in [0.5, 0.6) is 0 Å². The molecule has 1 aromatic rings. The Morgan fingerprint density at radius 1 is 1.25 bits per heavy atom. The van der Waals surface area contributed by atoms with Crippen molar-refractivity contribution in [2.24, 2.45) is 0 Å². The summed E-state index contributed by atoms with van der Waals surface area (Å²) < 4.78 is 0. The number of hydrogen-bond acceptors (Lipinski definition) is 3. The molecule has 0 spiro atoms. The molecule has 20 heavy (non-hydrogen) atoms. The standard InChI is InChI=1S/C14H18N2O4/c1-16(2)13(18)6-7-15-12(17)9-10-4-3-5-11(8-10)14(19)20/h3-5,8H,6-7,9H2,1-2H3,(H,15,17)(H,19,20). The zero-order valence-corrected chi connectivity index (χ0v) is 11.5. The average Bonchev–Trinajstić information content (AvgIpc) is 2.38. The van der Waals surface area contributed by atoms with Gasteiger partial charge in [-0.25, -0.2) is 4.79 Å². The zero-order valence-electron chi connectivity index (χ0n) is 11.5.